The molecular weight excluding hydrogens is 555 g/mol. The second-order valence-corrected chi connectivity index (χ2v) is 9.62. The van der Waals surface area contributed by atoms with Crippen molar-refractivity contribution in [3.05, 3.63) is 91.5 Å². The number of thioether (sulfide) groups is 1. The van der Waals surface area contributed by atoms with E-state index >= 15 is 0 Å². The van der Waals surface area contributed by atoms with Crippen molar-refractivity contribution < 1.29 is 18.9 Å². The summed E-state index contributed by atoms with van der Waals surface area (Å²) >= 11 is 13.0. The first-order valence-corrected chi connectivity index (χ1v) is 12.7. The number of nitro benzene ring substituents is 1. The molecule has 4 rings (SSSR count). The van der Waals surface area contributed by atoms with Gasteiger partial charge in [-0.2, -0.15) is 5.10 Å². The Hall–Kier alpha value is -3.87. The number of aromatic nitrogens is 3. The Morgan fingerprint density at radius 2 is 2.05 bits per heavy atom. The van der Waals surface area contributed by atoms with Gasteiger partial charge in [-0.15, -0.1) is 10.2 Å². The van der Waals surface area contributed by atoms with Crippen molar-refractivity contribution in [2.75, 3.05) is 5.75 Å². The van der Waals surface area contributed by atoms with Crippen LogP contribution < -0.4 is 10.2 Å². The third kappa shape index (κ3) is 6.71. The van der Waals surface area contributed by atoms with Crippen LogP contribution in [0.15, 0.2) is 63.3 Å². The Balaban J connectivity index is 1.29. The Labute approximate surface area is 230 Å². The number of benzene rings is 2. The third-order valence-corrected chi connectivity index (χ3v) is 6.53. The molecule has 38 heavy (non-hydrogen) atoms. The standard InChI is InChI=1S/C24H20Cl2N6O5S/c1-14-8-16(15(2)31(14)18-4-3-5-19(10-18)32(34)35)11-27-28-22(33)13-38-24-30-29-23(37-24)12-36-21-7-6-17(25)9-20(21)26/h3-11H,12-13H2,1-2H3,(H,28,33)/b27-11-. The van der Waals surface area contributed by atoms with E-state index in [0.717, 1.165) is 28.7 Å². The molecule has 2 heterocycles. The molecule has 0 saturated heterocycles. The summed E-state index contributed by atoms with van der Waals surface area (Å²) in [4.78, 5) is 22.9. The van der Waals surface area contributed by atoms with Gasteiger partial charge >= 0.3 is 0 Å². The maximum atomic E-state index is 12.2. The second-order valence-electron chi connectivity index (χ2n) is 7.85. The highest BCUT2D eigenvalue weighted by atomic mass is 35.5. The van der Waals surface area contributed by atoms with Crippen LogP contribution in [0.1, 0.15) is 22.8 Å². The molecule has 196 valence electrons. The minimum Gasteiger partial charge on any atom is -0.482 e. The number of ether oxygens (including phenoxy) is 1. The van der Waals surface area contributed by atoms with Gasteiger partial charge in [-0.05, 0) is 44.2 Å². The summed E-state index contributed by atoms with van der Waals surface area (Å²) < 4.78 is 12.9. The van der Waals surface area contributed by atoms with Gasteiger partial charge in [0, 0.05) is 34.1 Å². The first kappa shape index (κ1) is 27.2. The van der Waals surface area contributed by atoms with E-state index in [0.29, 0.717) is 21.5 Å². The lowest BCUT2D eigenvalue weighted by molar-refractivity contribution is -0.384. The van der Waals surface area contributed by atoms with Gasteiger partial charge in [0.25, 0.3) is 22.7 Å². The van der Waals surface area contributed by atoms with Crippen molar-refractivity contribution in [1.82, 2.24) is 20.2 Å². The van der Waals surface area contributed by atoms with Crippen LogP contribution in [0.3, 0.4) is 0 Å². The smallest absolute Gasteiger partial charge is 0.277 e. The summed E-state index contributed by atoms with van der Waals surface area (Å²) in [5, 5.41) is 24.0. The molecule has 0 fully saturated rings. The summed E-state index contributed by atoms with van der Waals surface area (Å²) in [6, 6.07) is 13.1. The largest absolute Gasteiger partial charge is 0.482 e. The topological polar surface area (TPSA) is 138 Å². The summed E-state index contributed by atoms with van der Waals surface area (Å²) in [7, 11) is 0. The minimum absolute atomic E-state index is 0.000144. The molecule has 1 N–H and O–H groups in total. The summed E-state index contributed by atoms with van der Waals surface area (Å²) in [5.41, 5.74) is 5.55. The fourth-order valence-corrected chi connectivity index (χ4v) is 4.52. The SMILES string of the molecule is Cc1cc(/C=N\NC(=O)CSc2nnc(COc3ccc(Cl)cc3Cl)o2)c(C)n1-c1cccc([N+](=O)[O-])c1. The average Bonchev–Trinajstić information content (AvgIpc) is 3.45. The zero-order valence-electron chi connectivity index (χ0n) is 20.1. The maximum Gasteiger partial charge on any atom is 0.277 e. The van der Waals surface area contributed by atoms with Gasteiger partial charge in [0.2, 0.25) is 0 Å². The molecule has 0 radical (unpaired) electrons. The van der Waals surface area contributed by atoms with Gasteiger partial charge in [-0.1, -0.05) is 41.0 Å². The number of rotatable bonds is 10. The molecule has 0 unspecified atom stereocenters. The van der Waals surface area contributed by atoms with E-state index < -0.39 is 4.92 Å². The number of halogens is 2. The van der Waals surface area contributed by atoms with Crippen molar-refractivity contribution in [2.45, 2.75) is 25.7 Å². The lowest BCUT2D eigenvalue weighted by Gasteiger charge is -2.09. The molecule has 11 nitrogen and oxygen atoms in total. The number of hydrogen-bond donors (Lipinski definition) is 1. The van der Waals surface area contributed by atoms with Gasteiger partial charge in [-0.3, -0.25) is 14.9 Å². The van der Waals surface area contributed by atoms with Crippen LogP contribution in [-0.2, 0) is 11.4 Å². The van der Waals surface area contributed by atoms with Gasteiger partial charge in [-0.25, -0.2) is 5.43 Å². The summed E-state index contributed by atoms with van der Waals surface area (Å²) in [6.07, 6.45) is 1.52. The highest BCUT2D eigenvalue weighted by Crippen LogP contribution is 2.28. The lowest BCUT2D eigenvalue weighted by Crippen LogP contribution is -2.19. The monoisotopic (exact) mass is 574 g/mol. The molecule has 2 aromatic carbocycles. The van der Waals surface area contributed by atoms with Crippen LogP contribution in [0.25, 0.3) is 5.69 Å². The van der Waals surface area contributed by atoms with E-state index in [1.54, 1.807) is 30.3 Å². The molecule has 4 aromatic rings. The van der Waals surface area contributed by atoms with E-state index in [1.807, 2.05) is 24.5 Å². The molecule has 0 bridgehead atoms. The van der Waals surface area contributed by atoms with E-state index in [1.165, 1.54) is 18.3 Å². The number of non-ortho nitro benzene ring substituents is 1. The number of hydrazone groups is 1. The van der Waals surface area contributed by atoms with Crippen molar-refractivity contribution in [3.63, 3.8) is 0 Å². The fraction of sp³-hybridized carbons (Fsp3) is 0.167. The van der Waals surface area contributed by atoms with E-state index in [4.69, 9.17) is 32.4 Å². The van der Waals surface area contributed by atoms with Gasteiger partial charge in [0.1, 0.15) is 5.75 Å². The highest BCUT2D eigenvalue weighted by Gasteiger charge is 2.14. The summed E-state index contributed by atoms with van der Waals surface area (Å²) in [6.45, 7) is 3.74. The van der Waals surface area contributed by atoms with E-state index in [-0.39, 0.29) is 35.1 Å². The van der Waals surface area contributed by atoms with Crippen LogP contribution in [0.4, 0.5) is 5.69 Å². The van der Waals surface area contributed by atoms with Crippen molar-refractivity contribution in [1.29, 1.82) is 0 Å². The van der Waals surface area contributed by atoms with Gasteiger partial charge < -0.3 is 13.7 Å². The normalized spacial score (nSPS) is 11.2. The number of hydrogen-bond acceptors (Lipinski definition) is 9. The highest BCUT2D eigenvalue weighted by molar-refractivity contribution is 7.99. The van der Waals surface area contributed by atoms with E-state index in [2.05, 4.69) is 20.7 Å². The Bertz CT molecular complexity index is 1520. The Morgan fingerprint density at radius 1 is 1.24 bits per heavy atom. The summed E-state index contributed by atoms with van der Waals surface area (Å²) in [5.74, 6) is 0.264. The average molecular weight is 575 g/mol. The zero-order chi connectivity index (χ0) is 27.2. The zero-order valence-corrected chi connectivity index (χ0v) is 22.4. The predicted octanol–water partition coefficient (Wildman–Crippen LogP) is 5.51. The number of carbonyl (C=O) groups excluding carboxylic acids is 1. The van der Waals surface area contributed by atoms with Gasteiger partial charge in [0.15, 0.2) is 6.61 Å². The molecule has 14 heteroatoms. The first-order chi connectivity index (χ1) is 18.2. The molecule has 0 atom stereocenters. The molecule has 0 aliphatic rings. The third-order valence-electron chi connectivity index (χ3n) is 5.18. The molecule has 0 aliphatic carbocycles. The Kier molecular flexibility index (Phi) is 8.66. The van der Waals surface area contributed by atoms with Crippen LogP contribution in [0.2, 0.25) is 10.0 Å². The molecule has 1 amide bonds. The second kappa shape index (κ2) is 12.1. The van der Waals surface area contributed by atoms with Crippen LogP contribution in [-0.4, -0.2) is 37.6 Å². The fourth-order valence-electron chi connectivity index (χ4n) is 3.48. The van der Waals surface area contributed by atoms with Crippen LogP contribution in [0.5, 0.6) is 5.75 Å². The van der Waals surface area contributed by atoms with Crippen LogP contribution in [0, 0.1) is 24.0 Å². The van der Waals surface area contributed by atoms with E-state index in [9.17, 15) is 14.9 Å². The molecule has 0 aliphatic heterocycles. The minimum atomic E-state index is -0.437. The van der Waals surface area contributed by atoms with Crippen LogP contribution >= 0.6 is 35.0 Å². The maximum absolute atomic E-state index is 12.2. The van der Waals surface area contributed by atoms with Gasteiger partial charge in [0.05, 0.1) is 27.6 Å². The molecular formula is C24H20Cl2N6O5S. The number of amides is 1. The number of aryl methyl sites for hydroxylation is 1. The quantitative estimate of drug-likeness (QED) is 0.113. The molecule has 2 aromatic heterocycles. The predicted molar refractivity (Wildman–Crippen MR) is 143 cm³/mol. The van der Waals surface area contributed by atoms with Crippen molar-refractivity contribution >= 4 is 52.8 Å². The number of nitrogens with zero attached hydrogens (tertiary/aromatic N) is 5. The number of nitro groups is 1. The van der Waals surface area contributed by atoms with Crippen molar-refractivity contribution in [3.8, 4) is 11.4 Å². The Morgan fingerprint density at radius 3 is 2.82 bits per heavy atom. The lowest BCUT2D eigenvalue weighted by atomic mass is 10.2. The number of carbonyl (C=O) groups is 1. The molecule has 0 spiro atoms. The molecule has 0 saturated carbocycles. The van der Waals surface area contributed by atoms with Crippen molar-refractivity contribution in [2.24, 2.45) is 5.10 Å². The first-order valence-electron chi connectivity index (χ1n) is 11.0. The number of nitrogens with one attached hydrogen (secondary N) is 1.